The van der Waals surface area contributed by atoms with E-state index in [9.17, 15) is 9.90 Å². The fourth-order valence-electron chi connectivity index (χ4n) is 3.60. The number of aliphatic carboxylic acids is 1. The molecule has 0 spiro atoms. The van der Waals surface area contributed by atoms with Crippen molar-refractivity contribution in [1.29, 1.82) is 0 Å². The third-order valence-corrected chi connectivity index (χ3v) is 4.83. The molecule has 1 aliphatic carbocycles. The summed E-state index contributed by atoms with van der Waals surface area (Å²) >= 11 is 0. The van der Waals surface area contributed by atoms with Crippen molar-refractivity contribution >= 4 is 5.97 Å². The number of likely N-dealkylation sites (tertiary alicyclic amines) is 1. The van der Waals surface area contributed by atoms with E-state index in [4.69, 9.17) is 5.11 Å². The molecule has 0 aromatic rings. The van der Waals surface area contributed by atoms with Gasteiger partial charge in [-0.1, -0.05) is 19.3 Å². The van der Waals surface area contributed by atoms with Crippen LogP contribution in [-0.2, 0) is 4.79 Å². The van der Waals surface area contributed by atoms with Gasteiger partial charge in [-0.2, -0.15) is 0 Å². The Bertz CT molecular complexity index is 287. The second-order valence-electron chi connectivity index (χ2n) is 6.18. The van der Waals surface area contributed by atoms with Gasteiger partial charge in [0.15, 0.2) is 0 Å². The Morgan fingerprint density at radius 1 is 1.05 bits per heavy atom. The highest BCUT2D eigenvalue weighted by molar-refractivity contribution is 5.66. The van der Waals surface area contributed by atoms with E-state index in [-0.39, 0.29) is 6.10 Å². The lowest BCUT2D eigenvalue weighted by Gasteiger charge is -2.39. The third kappa shape index (κ3) is 4.46. The average molecular weight is 269 g/mol. The first-order chi connectivity index (χ1) is 9.16. The van der Waals surface area contributed by atoms with Crippen molar-refractivity contribution in [1.82, 2.24) is 4.90 Å². The van der Waals surface area contributed by atoms with Crippen LogP contribution in [0.5, 0.6) is 0 Å². The number of nitrogens with zero attached hydrogens (tertiary/aromatic N) is 1. The summed E-state index contributed by atoms with van der Waals surface area (Å²) in [6.45, 7) is 2.07. The van der Waals surface area contributed by atoms with E-state index in [2.05, 4.69) is 4.90 Å². The van der Waals surface area contributed by atoms with Crippen LogP contribution in [0.1, 0.15) is 57.8 Å². The molecule has 19 heavy (non-hydrogen) atoms. The van der Waals surface area contributed by atoms with Crippen LogP contribution in [0.25, 0.3) is 0 Å². The van der Waals surface area contributed by atoms with E-state index < -0.39 is 5.97 Å². The summed E-state index contributed by atoms with van der Waals surface area (Å²) < 4.78 is 0. The molecule has 2 fully saturated rings. The maximum absolute atomic E-state index is 10.6. The van der Waals surface area contributed by atoms with Crippen molar-refractivity contribution in [3.63, 3.8) is 0 Å². The van der Waals surface area contributed by atoms with Crippen LogP contribution in [0.15, 0.2) is 0 Å². The van der Waals surface area contributed by atoms with E-state index in [1.807, 2.05) is 0 Å². The molecule has 1 saturated carbocycles. The Hall–Kier alpha value is -0.610. The lowest BCUT2D eigenvalue weighted by atomic mass is 9.90. The number of piperidine rings is 1. The SMILES string of the molecule is O=C(O)CCC1CCN(C2CCCCCC2O)CC1. The van der Waals surface area contributed by atoms with Crippen molar-refractivity contribution < 1.29 is 15.0 Å². The summed E-state index contributed by atoms with van der Waals surface area (Å²) in [5.74, 6) is -0.114. The van der Waals surface area contributed by atoms with Crippen LogP contribution in [0.3, 0.4) is 0 Å². The summed E-state index contributed by atoms with van der Waals surface area (Å²) in [7, 11) is 0. The molecule has 0 radical (unpaired) electrons. The number of aliphatic hydroxyl groups is 1. The van der Waals surface area contributed by atoms with Gasteiger partial charge in [0.05, 0.1) is 6.10 Å². The number of hydrogen-bond donors (Lipinski definition) is 2. The van der Waals surface area contributed by atoms with Crippen LogP contribution in [0.2, 0.25) is 0 Å². The minimum atomic E-state index is -0.679. The zero-order valence-corrected chi connectivity index (χ0v) is 11.8. The van der Waals surface area contributed by atoms with Crippen LogP contribution < -0.4 is 0 Å². The fraction of sp³-hybridized carbons (Fsp3) is 0.933. The summed E-state index contributed by atoms with van der Waals surface area (Å²) in [5, 5.41) is 18.9. The Balaban J connectivity index is 1.76. The standard InChI is InChI=1S/C15H27NO3/c17-14-5-3-1-2-4-13(14)16-10-8-12(9-11-16)6-7-15(18)19/h12-14,17H,1-11H2,(H,18,19). The molecule has 4 nitrogen and oxygen atoms in total. The number of carbonyl (C=O) groups is 1. The van der Waals surface area contributed by atoms with E-state index in [0.29, 0.717) is 18.4 Å². The minimum Gasteiger partial charge on any atom is -0.481 e. The summed E-state index contributed by atoms with van der Waals surface area (Å²) in [5.41, 5.74) is 0. The van der Waals surface area contributed by atoms with Crippen LogP contribution >= 0.6 is 0 Å². The van der Waals surface area contributed by atoms with Gasteiger partial charge in [-0.05, 0) is 51.1 Å². The first-order valence-electron chi connectivity index (χ1n) is 7.80. The fourth-order valence-corrected chi connectivity index (χ4v) is 3.60. The molecular weight excluding hydrogens is 242 g/mol. The smallest absolute Gasteiger partial charge is 0.303 e. The number of aliphatic hydroxyl groups excluding tert-OH is 1. The Labute approximate surface area is 115 Å². The molecule has 1 heterocycles. The quantitative estimate of drug-likeness (QED) is 0.769. The molecule has 1 saturated heterocycles. The zero-order valence-electron chi connectivity index (χ0n) is 11.8. The van der Waals surface area contributed by atoms with Gasteiger partial charge in [0, 0.05) is 12.5 Å². The molecule has 110 valence electrons. The van der Waals surface area contributed by atoms with Gasteiger partial charge in [-0.15, -0.1) is 0 Å². The monoisotopic (exact) mass is 269 g/mol. The largest absolute Gasteiger partial charge is 0.481 e. The third-order valence-electron chi connectivity index (χ3n) is 4.83. The van der Waals surface area contributed by atoms with Gasteiger partial charge in [-0.25, -0.2) is 0 Å². The summed E-state index contributed by atoms with van der Waals surface area (Å²) in [6, 6.07) is 0.350. The van der Waals surface area contributed by atoms with E-state index in [1.54, 1.807) is 0 Å². The molecule has 2 atom stereocenters. The highest BCUT2D eigenvalue weighted by atomic mass is 16.4. The second-order valence-corrected chi connectivity index (χ2v) is 6.18. The lowest BCUT2D eigenvalue weighted by molar-refractivity contribution is -0.137. The maximum Gasteiger partial charge on any atom is 0.303 e. The van der Waals surface area contributed by atoms with Crippen molar-refractivity contribution in [3.8, 4) is 0 Å². The van der Waals surface area contributed by atoms with Gasteiger partial charge in [-0.3, -0.25) is 9.69 Å². The number of carboxylic acid groups (broad SMARTS) is 1. The maximum atomic E-state index is 10.6. The Morgan fingerprint density at radius 3 is 2.42 bits per heavy atom. The van der Waals surface area contributed by atoms with Crippen LogP contribution in [0, 0.1) is 5.92 Å². The molecule has 2 aliphatic rings. The average Bonchev–Trinajstić information content (AvgIpc) is 2.62. The number of hydrogen-bond acceptors (Lipinski definition) is 3. The van der Waals surface area contributed by atoms with Gasteiger partial charge in [0.25, 0.3) is 0 Å². The lowest BCUT2D eigenvalue weighted by Crippen LogP contribution is -2.47. The van der Waals surface area contributed by atoms with Gasteiger partial charge in [0.2, 0.25) is 0 Å². The highest BCUT2D eigenvalue weighted by Gasteiger charge is 2.30. The summed E-state index contributed by atoms with van der Waals surface area (Å²) in [6.07, 6.45) is 8.87. The second kappa shape index (κ2) is 7.25. The van der Waals surface area contributed by atoms with Crippen LogP contribution in [-0.4, -0.2) is 46.3 Å². The predicted octanol–water partition coefficient (Wildman–Crippen LogP) is 2.26. The van der Waals surface area contributed by atoms with E-state index >= 15 is 0 Å². The van der Waals surface area contributed by atoms with Gasteiger partial charge in [0.1, 0.15) is 0 Å². The zero-order chi connectivity index (χ0) is 13.7. The van der Waals surface area contributed by atoms with Crippen LogP contribution in [0.4, 0.5) is 0 Å². The Kier molecular flexibility index (Phi) is 5.64. The molecular formula is C15H27NO3. The Morgan fingerprint density at radius 2 is 1.74 bits per heavy atom. The molecule has 0 amide bonds. The normalized spacial score (nSPS) is 31.0. The number of carboxylic acids is 1. The van der Waals surface area contributed by atoms with Crippen molar-refractivity contribution in [2.75, 3.05) is 13.1 Å². The first-order valence-corrected chi connectivity index (χ1v) is 7.80. The molecule has 2 unspecified atom stereocenters. The van der Waals surface area contributed by atoms with E-state index in [0.717, 1.165) is 51.6 Å². The predicted molar refractivity (Wildman–Crippen MR) is 74.0 cm³/mol. The molecule has 1 aliphatic heterocycles. The molecule has 2 rings (SSSR count). The molecule has 0 aromatic heterocycles. The van der Waals surface area contributed by atoms with Crippen molar-refractivity contribution in [2.45, 2.75) is 69.9 Å². The summed E-state index contributed by atoms with van der Waals surface area (Å²) in [4.78, 5) is 13.0. The topological polar surface area (TPSA) is 60.8 Å². The van der Waals surface area contributed by atoms with Crippen molar-refractivity contribution in [3.05, 3.63) is 0 Å². The molecule has 0 bridgehead atoms. The van der Waals surface area contributed by atoms with Gasteiger partial charge >= 0.3 is 5.97 Å². The van der Waals surface area contributed by atoms with Gasteiger partial charge < -0.3 is 10.2 Å². The van der Waals surface area contributed by atoms with Crippen molar-refractivity contribution in [2.24, 2.45) is 5.92 Å². The van der Waals surface area contributed by atoms with E-state index in [1.165, 1.54) is 12.8 Å². The number of rotatable bonds is 4. The molecule has 2 N–H and O–H groups in total. The first kappa shape index (κ1) is 14.8. The minimum absolute atomic E-state index is 0.155. The molecule has 4 heteroatoms. The highest BCUT2D eigenvalue weighted by Crippen LogP contribution is 2.28. The molecule has 0 aromatic carbocycles.